The second-order valence-electron chi connectivity index (χ2n) is 4.56. The number of benzene rings is 1. The first-order valence-corrected chi connectivity index (χ1v) is 7.46. The highest BCUT2D eigenvalue weighted by Gasteiger charge is 2.20. The quantitative estimate of drug-likeness (QED) is 0.745. The van der Waals surface area contributed by atoms with Crippen LogP contribution in [0.1, 0.15) is 23.1 Å². The fourth-order valence-corrected chi connectivity index (χ4v) is 3.01. The first kappa shape index (κ1) is 13.6. The van der Waals surface area contributed by atoms with Crippen LogP contribution in [0.2, 0.25) is 0 Å². The van der Waals surface area contributed by atoms with Crippen LogP contribution < -0.4 is 4.90 Å². The van der Waals surface area contributed by atoms with Crippen molar-refractivity contribution in [2.24, 2.45) is 0 Å². The molecule has 106 valence electrons. The molecule has 0 bridgehead atoms. The van der Waals surface area contributed by atoms with Crippen LogP contribution in [-0.2, 0) is 0 Å². The van der Waals surface area contributed by atoms with Crippen molar-refractivity contribution in [3.63, 3.8) is 0 Å². The van der Waals surface area contributed by atoms with E-state index in [9.17, 15) is 4.79 Å². The number of hydrogen-bond acceptors (Lipinski definition) is 5. The molecule has 2 heterocycles. The second kappa shape index (κ2) is 5.57. The third-order valence-corrected chi connectivity index (χ3v) is 4.13. The topological polar surface area (TPSA) is 59.0 Å². The van der Waals surface area contributed by atoms with E-state index in [0.717, 1.165) is 15.9 Å². The standard InChI is InChI=1S/C15H14N4OS/c1-3-19(14(20)12-9-16-10(2)8-17-12)15-18-11-6-4-5-7-13(11)21-15/h4-9H,3H2,1-2H3. The molecule has 5 nitrogen and oxygen atoms in total. The first-order chi connectivity index (χ1) is 10.2. The van der Waals surface area contributed by atoms with E-state index in [1.165, 1.54) is 17.5 Å². The van der Waals surface area contributed by atoms with Crippen LogP contribution in [0.4, 0.5) is 5.13 Å². The van der Waals surface area contributed by atoms with Crippen molar-refractivity contribution >= 4 is 32.6 Å². The third-order valence-electron chi connectivity index (χ3n) is 3.07. The number of amides is 1. The van der Waals surface area contributed by atoms with Gasteiger partial charge in [0.1, 0.15) is 5.69 Å². The zero-order chi connectivity index (χ0) is 14.8. The Hall–Kier alpha value is -2.34. The van der Waals surface area contributed by atoms with Crippen LogP contribution in [0.5, 0.6) is 0 Å². The Bertz CT molecular complexity index is 749. The second-order valence-corrected chi connectivity index (χ2v) is 5.57. The number of nitrogens with zero attached hydrogens (tertiary/aromatic N) is 4. The van der Waals surface area contributed by atoms with E-state index in [-0.39, 0.29) is 5.91 Å². The van der Waals surface area contributed by atoms with Gasteiger partial charge >= 0.3 is 0 Å². The molecular formula is C15H14N4OS. The van der Waals surface area contributed by atoms with Gasteiger partial charge in [0.2, 0.25) is 0 Å². The molecule has 2 aromatic heterocycles. The van der Waals surface area contributed by atoms with Crippen molar-refractivity contribution in [3.05, 3.63) is 48.0 Å². The lowest BCUT2D eigenvalue weighted by atomic mass is 10.3. The maximum Gasteiger partial charge on any atom is 0.280 e. The Morgan fingerprint density at radius 2 is 2.05 bits per heavy atom. The minimum absolute atomic E-state index is 0.177. The van der Waals surface area contributed by atoms with E-state index in [4.69, 9.17) is 0 Å². The molecule has 1 amide bonds. The van der Waals surface area contributed by atoms with Gasteiger partial charge in [0.05, 0.1) is 22.1 Å². The van der Waals surface area contributed by atoms with Gasteiger partial charge in [0.25, 0.3) is 5.91 Å². The fourth-order valence-electron chi connectivity index (χ4n) is 1.98. The number of para-hydroxylation sites is 1. The lowest BCUT2D eigenvalue weighted by Crippen LogP contribution is -2.31. The van der Waals surface area contributed by atoms with Crippen molar-refractivity contribution in [2.75, 3.05) is 11.4 Å². The number of anilines is 1. The summed E-state index contributed by atoms with van der Waals surface area (Å²) >= 11 is 1.50. The maximum absolute atomic E-state index is 12.6. The number of rotatable bonds is 3. The van der Waals surface area contributed by atoms with Gasteiger partial charge in [-0.25, -0.2) is 9.97 Å². The molecule has 0 saturated carbocycles. The largest absolute Gasteiger partial charge is 0.283 e. The lowest BCUT2D eigenvalue weighted by molar-refractivity contribution is 0.0983. The van der Waals surface area contributed by atoms with Crippen LogP contribution in [0, 0.1) is 6.92 Å². The normalized spacial score (nSPS) is 10.8. The number of aromatic nitrogens is 3. The predicted molar refractivity (Wildman–Crippen MR) is 83.7 cm³/mol. The highest BCUT2D eigenvalue weighted by atomic mass is 32.1. The predicted octanol–water partition coefficient (Wildman–Crippen LogP) is 3.06. The van der Waals surface area contributed by atoms with Crippen molar-refractivity contribution in [1.82, 2.24) is 15.0 Å². The van der Waals surface area contributed by atoms with Crippen LogP contribution in [0.3, 0.4) is 0 Å². The maximum atomic E-state index is 12.6. The van der Waals surface area contributed by atoms with Gasteiger partial charge in [-0.1, -0.05) is 23.5 Å². The van der Waals surface area contributed by atoms with Crippen molar-refractivity contribution < 1.29 is 4.79 Å². The van der Waals surface area contributed by atoms with E-state index >= 15 is 0 Å². The Morgan fingerprint density at radius 1 is 1.24 bits per heavy atom. The Balaban J connectivity index is 1.97. The summed E-state index contributed by atoms with van der Waals surface area (Å²) in [5.74, 6) is -0.177. The number of aryl methyl sites for hydroxylation is 1. The van der Waals surface area contributed by atoms with Crippen molar-refractivity contribution in [2.45, 2.75) is 13.8 Å². The SMILES string of the molecule is CCN(C(=O)c1cnc(C)cn1)c1nc2ccccc2s1. The summed E-state index contributed by atoms with van der Waals surface area (Å²) in [5.41, 5.74) is 2.02. The monoisotopic (exact) mass is 298 g/mol. The summed E-state index contributed by atoms with van der Waals surface area (Å²) < 4.78 is 1.06. The van der Waals surface area contributed by atoms with E-state index in [1.54, 1.807) is 11.1 Å². The van der Waals surface area contributed by atoms with Gasteiger partial charge in [-0.3, -0.25) is 14.7 Å². The summed E-state index contributed by atoms with van der Waals surface area (Å²) in [7, 11) is 0. The molecule has 3 rings (SSSR count). The minimum Gasteiger partial charge on any atom is -0.283 e. The molecule has 0 N–H and O–H groups in total. The number of hydrogen-bond donors (Lipinski definition) is 0. The summed E-state index contributed by atoms with van der Waals surface area (Å²) in [6.45, 7) is 4.30. The smallest absolute Gasteiger partial charge is 0.280 e. The van der Waals surface area contributed by atoms with E-state index < -0.39 is 0 Å². The molecular weight excluding hydrogens is 284 g/mol. The Kier molecular flexibility index (Phi) is 3.62. The number of carbonyl (C=O) groups is 1. The highest BCUT2D eigenvalue weighted by Crippen LogP contribution is 2.29. The van der Waals surface area contributed by atoms with Crippen LogP contribution in [0.25, 0.3) is 10.2 Å². The summed E-state index contributed by atoms with van der Waals surface area (Å²) in [4.78, 5) is 27.0. The van der Waals surface area contributed by atoms with Gasteiger partial charge in [0.15, 0.2) is 5.13 Å². The minimum atomic E-state index is -0.177. The van der Waals surface area contributed by atoms with Crippen molar-refractivity contribution in [3.8, 4) is 0 Å². The van der Waals surface area contributed by atoms with Gasteiger partial charge in [-0.15, -0.1) is 0 Å². The summed E-state index contributed by atoms with van der Waals surface area (Å²) in [6.07, 6.45) is 3.10. The summed E-state index contributed by atoms with van der Waals surface area (Å²) in [5, 5.41) is 0.686. The number of thiazole rings is 1. The molecule has 0 atom stereocenters. The third kappa shape index (κ3) is 2.62. The molecule has 0 saturated heterocycles. The molecule has 0 aliphatic heterocycles. The molecule has 0 spiro atoms. The molecule has 6 heteroatoms. The van der Waals surface area contributed by atoms with Gasteiger partial charge in [-0.2, -0.15) is 0 Å². The zero-order valence-corrected chi connectivity index (χ0v) is 12.6. The molecule has 1 aromatic carbocycles. The average Bonchev–Trinajstić information content (AvgIpc) is 2.92. The van der Waals surface area contributed by atoms with Crippen LogP contribution >= 0.6 is 11.3 Å². The Labute approximate surface area is 126 Å². The van der Waals surface area contributed by atoms with E-state index in [0.29, 0.717) is 17.4 Å². The molecule has 3 aromatic rings. The Morgan fingerprint density at radius 3 is 2.71 bits per heavy atom. The van der Waals surface area contributed by atoms with Crippen LogP contribution in [0.15, 0.2) is 36.7 Å². The van der Waals surface area contributed by atoms with Gasteiger partial charge in [0, 0.05) is 12.7 Å². The molecule has 0 aliphatic rings. The van der Waals surface area contributed by atoms with E-state index in [2.05, 4.69) is 15.0 Å². The first-order valence-electron chi connectivity index (χ1n) is 6.65. The average molecular weight is 298 g/mol. The van der Waals surface area contributed by atoms with Crippen LogP contribution in [-0.4, -0.2) is 27.4 Å². The zero-order valence-electron chi connectivity index (χ0n) is 11.8. The van der Waals surface area contributed by atoms with Gasteiger partial charge < -0.3 is 0 Å². The molecule has 0 unspecified atom stereocenters. The lowest BCUT2D eigenvalue weighted by Gasteiger charge is -2.16. The number of fused-ring (bicyclic) bond motifs is 1. The van der Waals surface area contributed by atoms with Crippen molar-refractivity contribution in [1.29, 1.82) is 0 Å². The molecule has 0 aliphatic carbocycles. The molecule has 0 radical (unpaired) electrons. The summed E-state index contributed by atoms with van der Waals surface area (Å²) in [6, 6.07) is 7.85. The molecule has 21 heavy (non-hydrogen) atoms. The number of carbonyl (C=O) groups excluding carboxylic acids is 1. The van der Waals surface area contributed by atoms with Gasteiger partial charge in [-0.05, 0) is 26.0 Å². The highest BCUT2D eigenvalue weighted by molar-refractivity contribution is 7.22. The fraction of sp³-hybridized carbons (Fsp3) is 0.200. The molecule has 0 fully saturated rings. The van der Waals surface area contributed by atoms with E-state index in [1.807, 2.05) is 38.1 Å².